The first-order valence-corrected chi connectivity index (χ1v) is 5.74. The van der Waals surface area contributed by atoms with Crippen molar-refractivity contribution in [2.45, 2.75) is 6.61 Å². The van der Waals surface area contributed by atoms with E-state index in [9.17, 15) is 8.78 Å². The first kappa shape index (κ1) is 11.6. The van der Waals surface area contributed by atoms with Crippen molar-refractivity contribution in [3.05, 3.63) is 59.9 Å². The van der Waals surface area contributed by atoms with Crippen molar-refractivity contribution in [2.24, 2.45) is 0 Å². The number of nitrogens with zero attached hydrogens (tertiary/aromatic N) is 1. The average Bonchev–Trinajstić information content (AvgIpc) is 2.86. The number of ether oxygens (including phenoxy) is 1. The minimum absolute atomic E-state index is 0.00772. The number of nitrogens with one attached hydrogen (secondary N) is 1. The molecule has 0 fully saturated rings. The van der Waals surface area contributed by atoms with Gasteiger partial charge in [-0.05, 0) is 24.3 Å². The first-order valence-electron chi connectivity index (χ1n) is 5.74. The zero-order valence-electron chi connectivity index (χ0n) is 9.86. The van der Waals surface area contributed by atoms with Crippen molar-refractivity contribution in [1.29, 1.82) is 0 Å². The number of hydrogen-bond donors (Lipinski definition) is 1. The van der Waals surface area contributed by atoms with Crippen LogP contribution in [0.25, 0.3) is 11.0 Å². The van der Waals surface area contributed by atoms with E-state index >= 15 is 0 Å². The summed E-state index contributed by atoms with van der Waals surface area (Å²) in [7, 11) is 0. The highest BCUT2D eigenvalue weighted by molar-refractivity contribution is 5.75. The Morgan fingerprint density at radius 2 is 1.84 bits per heavy atom. The van der Waals surface area contributed by atoms with E-state index in [0.29, 0.717) is 17.1 Å². The van der Waals surface area contributed by atoms with Crippen LogP contribution in [0.5, 0.6) is 5.75 Å². The number of para-hydroxylation sites is 1. The van der Waals surface area contributed by atoms with Crippen molar-refractivity contribution in [1.82, 2.24) is 9.97 Å². The standard InChI is InChI=1S/C14H10F2N2O/c15-10-6-7-11-14(13(10)16)18-12(17-11)8-19-9-4-2-1-3-5-9/h1-7H,8H2,(H,17,18). The number of aromatic amines is 1. The number of fused-ring (bicyclic) bond motifs is 1. The number of H-pyrrole nitrogens is 1. The van der Waals surface area contributed by atoms with Gasteiger partial charge in [-0.2, -0.15) is 0 Å². The van der Waals surface area contributed by atoms with Crippen molar-refractivity contribution < 1.29 is 13.5 Å². The molecule has 3 aromatic rings. The second-order valence-corrected chi connectivity index (χ2v) is 4.04. The fourth-order valence-corrected chi connectivity index (χ4v) is 1.81. The number of imidazole rings is 1. The topological polar surface area (TPSA) is 37.9 Å². The van der Waals surface area contributed by atoms with E-state index in [1.165, 1.54) is 6.07 Å². The second-order valence-electron chi connectivity index (χ2n) is 4.04. The third-order valence-corrected chi connectivity index (χ3v) is 2.71. The summed E-state index contributed by atoms with van der Waals surface area (Å²) >= 11 is 0. The molecule has 1 aromatic heterocycles. The molecule has 0 amide bonds. The van der Waals surface area contributed by atoms with Crippen LogP contribution in [0.2, 0.25) is 0 Å². The molecule has 19 heavy (non-hydrogen) atoms. The lowest BCUT2D eigenvalue weighted by Crippen LogP contribution is -1.97. The summed E-state index contributed by atoms with van der Waals surface area (Å²) in [6.07, 6.45) is 0. The van der Waals surface area contributed by atoms with Gasteiger partial charge < -0.3 is 9.72 Å². The van der Waals surface area contributed by atoms with Crippen LogP contribution in [-0.2, 0) is 6.61 Å². The van der Waals surface area contributed by atoms with Gasteiger partial charge in [0.2, 0.25) is 0 Å². The number of rotatable bonds is 3. The molecule has 5 heteroatoms. The highest BCUT2D eigenvalue weighted by Crippen LogP contribution is 2.19. The highest BCUT2D eigenvalue weighted by atomic mass is 19.2. The van der Waals surface area contributed by atoms with Gasteiger partial charge in [-0.3, -0.25) is 0 Å². The molecule has 96 valence electrons. The van der Waals surface area contributed by atoms with Crippen LogP contribution in [0.3, 0.4) is 0 Å². The third-order valence-electron chi connectivity index (χ3n) is 2.71. The number of benzene rings is 2. The quantitative estimate of drug-likeness (QED) is 0.783. The normalized spacial score (nSPS) is 10.8. The Hall–Kier alpha value is -2.43. The van der Waals surface area contributed by atoms with Crippen LogP contribution in [0, 0.1) is 11.6 Å². The van der Waals surface area contributed by atoms with E-state index in [4.69, 9.17) is 4.74 Å². The van der Waals surface area contributed by atoms with Crippen LogP contribution in [0.15, 0.2) is 42.5 Å². The minimum Gasteiger partial charge on any atom is -0.486 e. The number of halogens is 2. The Bertz CT molecular complexity index is 710. The highest BCUT2D eigenvalue weighted by Gasteiger charge is 2.11. The Balaban J connectivity index is 1.84. The van der Waals surface area contributed by atoms with Crippen LogP contribution < -0.4 is 4.74 Å². The molecule has 3 nitrogen and oxygen atoms in total. The molecule has 3 rings (SSSR count). The lowest BCUT2D eigenvalue weighted by atomic mass is 10.3. The van der Waals surface area contributed by atoms with Crippen molar-refractivity contribution in [2.75, 3.05) is 0 Å². The summed E-state index contributed by atoms with van der Waals surface area (Å²) in [4.78, 5) is 6.88. The Labute approximate surface area is 107 Å². The molecule has 0 radical (unpaired) electrons. The largest absolute Gasteiger partial charge is 0.486 e. The summed E-state index contributed by atoms with van der Waals surface area (Å²) in [6, 6.07) is 11.7. The molecule has 0 atom stereocenters. The van der Waals surface area contributed by atoms with Gasteiger partial charge in [-0.1, -0.05) is 18.2 Å². The molecule has 0 saturated carbocycles. The van der Waals surface area contributed by atoms with Gasteiger partial charge in [-0.25, -0.2) is 13.8 Å². The van der Waals surface area contributed by atoms with Crippen molar-refractivity contribution in [3.63, 3.8) is 0 Å². The maximum absolute atomic E-state index is 13.5. The molecule has 2 aromatic carbocycles. The van der Waals surface area contributed by atoms with E-state index in [-0.39, 0.29) is 12.1 Å². The minimum atomic E-state index is -0.945. The smallest absolute Gasteiger partial charge is 0.186 e. The molecule has 1 heterocycles. The maximum atomic E-state index is 13.5. The summed E-state index contributed by atoms with van der Waals surface area (Å²) < 4.78 is 32.0. The van der Waals surface area contributed by atoms with Crippen LogP contribution in [0.4, 0.5) is 8.78 Å². The molecule has 0 aliphatic rings. The predicted molar refractivity (Wildman–Crippen MR) is 66.8 cm³/mol. The lowest BCUT2D eigenvalue weighted by Gasteiger charge is -2.02. The molecule has 0 bridgehead atoms. The number of hydrogen-bond acceptors (Lipinski definition) is 2. The molecular weight excluding hydrogens is 250 g/mol. The summed E-state index contributed by atoms with van der Waals surface area (Å²) in [5.41, 5.74) is 0.442. The van der Waals surface area contributed by atoms with Gasteiger partial charge in [0.25, 0.3) is 0 Å². The van der Waals surface area contributed by atoms with E-state index in [0.717, 1.165) is 6.07 Å². The zero-order valence-corrected chi connectivity index (χ0v) is 9.86. The predicted octanol–water partition coefficient (Wildman–Crippen LogP) is 3.42. The Morgan fingerprint density at radius 3 is 2.63 bits per heavy atom. The summed E-state index contributed by atoms with van der Waals surface area (Å²) in [6.45, 7) is 0.166. The van der Waals surface area contributed by atoms with E-state index in [2.05, 4.69) is 9.97 Å². The number of aromatic nitrogens is 2. The molecule has 0 saturated heterocycles. The average molecular weight is 260 g/mol. The lowest BCUT2D eigenvalue weighted by molar-refractivity contribution is 0.297. The second kappa shape index (κ2) is 4.68. The van der Waals surface area contributed by atoms with Crippen molar-refractivity contribution in [3.8, 4) is 5.75 Å². The SMILES string of the molecule is Fc1ccc2[nH]c(COc3ccccc3)nc2c1F. The van der Waals surface area contributed by atoms with Gasteiger partial charge in [0.15, 0.2) is 11.6 Å². The maximum Gasteiger partial charge on any atom is 0.186 e. The Kier molecular flexibility index (Phi) is 2.87. The molecule has 1 N–H and O–H groups in total. The van der Waals surface area contributed by atoms with Crippen molar-refractivity contribution >= 4 is 11.0 Å². The molecule has 0 spiro atoms. The molecule has 0 unspecified atom stereocenters. The van der Waals surface area contributed by atoms with Gasteiger partial charge >= 0.3 is 0 Å². The first-order chi connectivity index (χ1) is 9.24. The van der Waals surface area contributed by atoms with E-state index < -0.39 is 11.6 Å². The molecule has 0 aliphatic heterocycles. The van der Waals surface area contributed by atoms with Gasteiger partial charge in [0.1, 0.15) is 23.7 Å². The van der Waals surface area contributed by atoms with Gasteiger partial charge in [0, 0.05) is 0 Å². The van der Waals surface area contributed by atoms with Gasteiger partial charge in [0.05, 0.1) is 5.52 Å². The van der Waals surface area contributed by atoms with E-state index in [1.54, 1.807) is 0 Å². The molecule has 0 aliphatic carbocycles. The summed E-state index contributed by atoms with van der Waals surface area (Å²) in [5, 5.41) is 0. The molecular formula is C14H10F2N2O. The zero-order chi connectivity index (χ0) is 13.2. The monoisotopic (exact) mass is 260 g/mol. The summed E-state index contributed by atoms with van der Waals surface area (Å²) in [5.74, 6) is -0.716. The van der Waals surface area contributed by atoms with Crippen LogP contribution in [-0.4, -0.2) is 9.97 Å². The fourth-order valence-electron chi connectivity index (χ4n) is 1.81. The van der Waals surface area contributed by atoms with Crippen LogP contribution >= 0.6 is 0 Å². The Morgan fingerprint density at radius 1 is 1.05 bits per heavy atom. The van der Waals surface area contributed by atoms with E-state index in [1.807, 2.05) is 30.3 Å². The third kappa shape index (κ3) is 2.27. The van der Waals surface area contributed by atoms with Crippen LogP contribution in [0.1, 0.15) is 5.82 Å². The fraction of sp³-hybridized carbons (Fsp3) is 0.0714. The van der Waals surface area contributed by atoms with Gasteiger partial charge in [-0.15, -0.1) is 0 Å².